The summed E-state index contributed by atoms with van der Waals surface area (Å²) in [7, 11) is 0. The first kappa shape index (κ1) is 15.6. The number of nitrogens with one attached hydrogen (secondary N) is 1. The zero-order valence-corrected chi connectivity index (χ0v) is 9.31. The lowest BCUT2D eigenvalue weighted by Crippen LogP contribution is -2.66. The molecule has 3 nitrogen and oxygen atoms in total. The molecule has 1 aromatic rings. The van der Waals surface area contributed by atoms with E-state index < -0.39 is 24.6 Å². The van der Waals surface area contributed by atoms with Gasteiger partial charge in [0.15, 0.2) is 0 Å². The molecule has 0 unspecified atom stereocenters. The molecule has 9 heteroatoms. The first-order valence-electron chi connectivity index (χ1n) is 4.93. The van der Waals surface area contributed by atoms with Gasteiger partial charge < -0.3 is 10.8 Å². The number of anilines is 1. The summed E-state index contributed by atoms with van der Waals surface area (Å²) in [5, 5.41) is 9.89. The second-order valence-electron chi connectivity index (χ2n) is 3.76. The Bertz CT molecular complexity index is 428. The molecular formula is C10H10F6N2O. The van der Waals surface area contributed by atoms with Gasteiger partial charge in [-0.05, 0) is 11.6 Å². The Morgan fingerprint density at radius 3 is 1.89 bits per heavy atom. The molecule has 0 fully saturated rings. The number of nitrogen functional groups attached to an aromatic ring is 1. The lowest BCUT2D eigenvalue weighted by Gasteiger charge is -2.33. The molecule has 1 aromatic carbocycles. The SMILES string of the molecule is Nc1ccccc1CNC(O)(C(F)(F)F)C(F)(F)F. The number of nitrogens with two attached hydrogens (primary N) is 1. The van der Waals surface area contributed by atoms with Crippen molar-refractivity contribution in [2.45, 2.75) is 24.6 Å². The van der Waals surface area contributed by atoms with Crippen LogP contribution in [0, 0.1) is 0 Å². The zero-order valence-electron chi connectivity index (χ0n) is 9.31. The number of halogens is 6. The van der Waals surface area contributed by atoms with Crippen LogP contribution in [0.2, 0.25) is 0 Å². The molecule has 0 radical (unpaired) electrons. The highest BCUT2D eigenvalue weighted by Gasteiger charge is 2.70. The summed E-state index contributed by atoms with van der Waals surface area (Å²) >= 11 is 0. The average molecular weight is 288 g/mol. The summed E-state index contributed by atoms with van der Waals surface area (Å²) in [6.45, 7) is -0.887. The van der Waals surface area contributed by atoms with Crippen molar-refractivity contribution in [3.8, 4) is 0 Å². The maximum Gasteiger partial charge on any atom is 0.440 e. The van der Waals surface area contributed by atoms with Crippen LogP contribution in [0.4, 0.5) is 32.0 Å². The van der Waals surface area contributed by atoms with Gasteiger partial charge in [0.2, 0.25) is 0 Å². The molecular weight excluding hydrogens is 278 g/mol. The van der Waals surface area contributed by atoms with Crippen LogP contribution in [0.3, 0.4) is 0 Å². The Balaban J connectivity index is 2.97. The summed E-state index contributed by atoms with van der Waals surface area (Å²) in [6, 6.07) is 5.43. The van der Waals surface area contributed by atoms with E-state index >= 15 is 0 Å². The van der Waals surface area contributed by atoms with Crippen LogP contribution in [0.15, 0.2) is 24.3 Å². The van der Waals surface area contributed by atoms with Crippen molar-refractivity contribution < 1.29 is 31.4 Å². The lowest BCUT2D eigenvalue weighted by molar-refractivity contribution is -0.380. The Hall–Kier alpha value is -1.48. The monoisotopic (exact) mass is 288 g/mol. The van der Waals surface area contributed by atoms with E-state index in [0.29, 0.717) is 0 Å². The molecule has 0 aromatic heterocycles. The van der Waals surface area contributed by atoms with Crippen LogP contribution in [-0.4, -0.2) is 23.2 Å². The highest BCUT2D eigenvalue weighted by molar-refractivity contribution is 5.46. The zero-order chi connectivity index (χ0) is 14.9. The van der Waals surface area contributed by atoms with Gasteiger partial charge in [0.05, 0.1) is 0 Å². The van der Waals surface area contributed by atoms with Crippen molar-refractivity contribution in [1.82, 2.24) is 5.32 Å². The quantitative estimate of drug-likeness (QED) is 0.454. The molecule has 4 N–H and O–H groups in total. The van der Waals surface area contributed by atoms with Gasteiger partial charge in [-0.2, -0.15) is 26.3 Å². The fourth-order valence-corrected chi connectivity index (χ4v) is 1.28. The van der Waals surface area contributed by atoms with Gasteiger partial charge in [0.1, 0.15) is 0 Å². The number of aliphatic hydroxyl groups is 1. The van der Waals surface area contributed by atoms with Crippen molar-refractivity contribution in [3.05, 3.63) is 29.8 Å². The summed E-state index contributed by atoms with van der Waals surface area (Å²) in [5.74, 6) is 0. The third-order valence-corrected chi connectivity index (χ3v) is 2.41. The average Bonchev–Trinajstić information content (AvgIpc) is 2.24. The molecule has 0 aliphatic carbocycles. The Morgan fingerprint density at radius 2 is 1.47 bits per heavy atom. The number of hydrogen-bond donors (Lipinski definition) is 3. The number of rotatable bonds is 3. The fourth-order valence-electron chi connectivity index (χ4n) is 1.28. The van der Waals surface area contributed by atoms with E-state index in [-0.39, 0.29) is 11.3 Å². The molecule has 1 rings (SSSR count). The predicted molar refractivity (Wildman–Crippen MR) is 54.8 cm³/mol. The van der Waals surface area contributed by atoms with Gasteiger partial charge in [-0.1, -0.05) is 18.2 Å². The number of hydrogen-bond acceptors (Lipinski definition) is 3. The van der Waals surface area contributed by atoms with Crippen molar-refractivity contribution in [1.29, 1.82) is 0 Å². The molecule has 0 bridgehead atoms. The van der Waals surface area contributed by atoms with Crippen molar-refractivity contribution in [3.63, 3.8) is 0 Å². The Kier molecular flexibility index (Phi) is 4.01. The van der Waals surface area contributed by atoms with Crippen LogP contribution in [0.1, 0.15) is 5.56 Å². The lowest BCUT2D eigenvalue weighted by atomic mass is 10.1. The molecule has 0 saturated carbocycles. The second kappa shape index (κ2) is 4.89. The van der Waals surface area contributed by atoms with Crippen LogP contribution in [0.25, 0.3) is 0 Å². The van der Waals surface area contributed by atoms with Gasteiger partial charge in [-0.3, -0.25) is 5.32 Å². The predicted octanol–water partition coefficient (Wildman–Crippen LogP) is 2.17. The minimum absolute atomic E-state index is 0.00873. The molecule has 0 aliphatic heterocycles. The molecule has 0 atom stereocenters. The molecule has 0 spiro atoms. The third kappa shape index (κ3) is 3.10. The van der Waals surface area contributed by atoms with Crippen LogP contribution in [0.5, 0.6) is 0 Å². The van der Waals surface area contributed by atoms with E-state index in [1.807, 2.05) is 0 Å². The molecule has 0 aliphatic rings. The van der Waals surface area contributed by atoms with Crippen molar-refractivity contribution in [2.75, 3.05) is 5.73 Å². The minimum atomic E-state index is -5.91. The molecule has 0 heterocycles. The standard InChI is InChI=1S/C10H10F6N2O/c11-9(12,13)8(19,10(14,15)16)18-5-6-3-1-2-4-7(6)17/h1-4,18-19H,5,17H2. The molecule has 108 valence electrons. The van der Waals surface area contributed by atoms with E-state index in [2.05, 4.69) is 0 Å². The third-order valence-electron chi connectivity index (χ3n) is 2.41. The van der Waals surface area contributed by atoms with E-state index in [0.717, 1.165) is 5.32 Å². The van der Waals surface area contributed by atoms with Gasteiger partial charge in [0, 0.05) is 12.2 Å². The topological polar surface area (TPSA) is 58.3 Å². The van der Waals surface area contributed by atoms with Crippen molar-refractivity contribution in [2.24, 2.45) is 0 Å². The Morgan fingerprint density at radius 1 is 1.00 bits per heavy atom. The smallest absolute Gasteiger partial charge is 0.398 e. The largest absolute Gasteiger partial charge is 0.440 e. The van der Waals surface area contributed by atoms with Crippen LogP contribution < -0.4 is 11.1 Å². The fraction of sp³-hybridized carbons (Fsp3) is 0.400. The van der Waals surface area contributed by atoms with E-state index in [1.165, 1.54) is 24.3 Å². The van der Waals surface area contributed by atoms with E-state index in [1.54, 1.807) is 0 Å². The van der Waals surface area contributed by atoms with Gasteiger partial charge in [-0.25, -0.2) is 0 Å². The van der Waals surface area contributed by atoms with E-state index in [4.69, 9.17) is 10.8 Å². The molecule has 19 heavy (non-hydrogen) atoms. The second-order valence-corrected chi connectivity index (χ2v) is 3.76. The highest BCUT2D eigenvalue weighted by atomic mass is 19.4. The first-order valence-corrected chi connectivity index (χ1v) is 4.93. The molecule has 0 amide bonds. The van der Waals surface area contributed by atoms with Crippen molar-refractivity contribution >= 4 is 5.69 Å². The first-order chi connectivity index (χ1) is 8.49. The van der Waals surface area contributed by atoms with Crippen LogP contribution in [-0.2, 0) is 6.54 Å². The maximum atomic E-state index is 12.3. The van der Waals surface area contributed by atoms with Crippen LogP contribution >= 0.6 is 0 Å². The maximum absolute atomic E-state index is 12.3. The summed E-state index contributed by atoms with van der Waals surface area (Å²) in [6.07, 6.45) is -11.8. The number of para-hydroxylation sites is 1. The Labute approximate surface area is 104 Å². The normalized spacial score (nSPS) is 13.6. The van der Waals surface area contributed by atoms with E-state index in [9.17, 15) is 26.3 Å². The van der Waals surface area contributed by atoms with Gasteiger partial charge in [-0.15, -0.1) is 0 Å². The number of alkyl halides is 6. The molecule has 0 saturated heterocycles. The highest BCUT2D eigenvalue weighted by Crippen LogP contribution is 2.41. The van der Waals surface area contributed by atoms with Gasteiger partial charge in [0.25, 0.3) is 0 Å². The van der Waals surface area contributed by atoms with Gasteiger partial charge >= 0.3 is 18.1 Å². The summed E-state index contributed by atoms with van der Waals surface area (Å²) in [5.41, 5.74) is 0.424. The number of benzene rings is 1. The minimum Gasteiger partial charge on any atom is -0.398 e. The summed E-state index contributed by atoms with van der Waals surface area (Å²) < 4.78 is 74.0. The summed E-state index contributed by atoms with van der Waals surface area (Å²) in [4.78, 5) is 0.